The van der Waals surface area contributed by atoms with Gasteiger partial charge in [0.25, 0.3) is 5.91 Å². The Labute approximate surface area is 152 Å². The molecule has 7 nitrogen and oxygen atoms in total. The molecule has 2 atom stereocenters. The fourth-order valence-corrected chi connectivity index (χ4v) is 5.00. The molecule has 3 aliphatic rings. The Balaban J connectivity index is 1.42. The SMILES string of the molecule is Cn1nc(C2CC2)cc1C(=O)N1[C@@H]2CC[C@@H]1CC(O)(c1ccnn1C)C2. The van der Waals surface area contributed by atoms with Gasteiger partial charge in [-0.05, 0) is 37.8 Å². The second-order valence-corrected chi connectivity index (χ2v) is 8.23. The summed E-state index contributed by atoms with van der Waals surface area (Å²) in [6.45, 7) is 0. The summed E-state index contributed by atoms with van der Waals surface area (Å²) in [6.07, 6.45) is 7.12. The summed E-state index contributed by atoms with van der Waals surface area (Å²) >= 11 is 0. The molecule has 0 spiro atoms. The molecule has 7 heteroatoms. The number of aromatic nitrogens is 4. The maximum Gasteiger partial charge on any atom is 0.272 e. The Hall–Kier alpha value is -2.15. The van der Waals surface area contributed by atoms with Crippen molar-refractivity contribution in [2.24, 2.45) is 14.1 Å². The van der Waals surface area contributed by atoms with E-state index in [1.54, 1.807) is 15.6 Å². The fraction of sp³-hybridized carbons (Fsp3) is 0.632. The zero-order valence-corrected chi connectivity index (χ0v) is 15.3. The summed E-state index contributed by atoms with van der Waals surface area (Å²) in [4.78, 5) is 15.3. The number of aryl methyl sites for hydroxylation is 2. The number of rotatable bonds is 3. The Morgan fingerprint density at radius 2 is 1.85 bits per heavy atom. The van der Waals surface area contributed by atoms with E-state index in [0.29, 0.717) is 24.5 Å². The van der Waals surface area contributed by atoms with Gasteiger partial charge in [0.05, 0.1) is 11.4 Å². The number of hydrogen-bond donors (Lipinski definition) is 1. The van der Waals surface area contributed by atoms with E-state index in [0.717, 1.165) is 24.2 Å². The maximum absolute atomic E-state index is 13.3. The van der Waals surface area contributed by atoms with E-state index >= 15 is 0 Å². The lowest BCUT2D eigenvalue weighted by Gasteiger charge is -2.43. The third kappa shape index (κ3) is 2.33. The maximum atomic E-state index is 13.3. The molecule has 2 bridgehead atoms. The summed E-state index contributed by atoms with van der Waals surface area (Å²) in [5, 5.41) is 20.0. The van der Waals surface area contributed by atoms with Crippen LogP contribution >= 0.6 is 0 Å². The van der Waals surface area contributed by atoms with Crippen LogP contribution in [0.15, 0.2) is 18.3 Å². The lowest BCUT2D eigenvalue weighted by atomic mass is 9.83. The first-order valence-corrected chi connectivity index (χ1v) is 9.54. The summed E-state index contributed by atoms with van der Waals surface area (Å²) < 4.78 is 3.48. The topological polar surface area (TPSA) is 76.2 Å². The largest absolute Gasteiger partial charge is 0.383 e. The molecule has 2 aromatic heterocycles. The molecule has 0 radical (unpaired) electrons. The van der Waals surface area contributed by atoms with E-state index in [2.05, 4.69) is 10.2 Å². The van der Waals surface area contributed by atoms with Gasteiger partial charge >= 0.3 is 0 Å². The number of aliphatic hydroxyl groups is 1. The molecule has 0 unspecified atom stereocenters. The lowest BCUT2D eigenvalue weighted by Crippen LogP contribution is -2.52. The third-order valence-corrected chi connectivity index (χ3v) is 6.41. The Kier molecular flexibility index (Phi) is 3.35. The summed E-state index contributed by atoms with van der Waals surface area (Å²) in [7, 11) is 3.72. The number of nitrogens with zero attached hydrogens (tertiary/aromatic N) is 5. The van der Waals surface area contributed by atoms with Crippen molar-refractivity contribution in [1.82, 2.24) is 24.5 Å². The van der Waals surface area contributed by atoms with Crippen molar-refractivity contribution in [3.63, 3.8) is 0 Å². The number of piperidine rings is 1. The Morgan fingerprint density at radius 3 is 2.42 bits per heavy atom. The van der Waals surface area contributed by atoms with Gasteiger partial charge in [-0.1, -0.05) is 0 Å². The third-order valence-electron chi connectivity index (χ3n) is 6.41. The van der Waals surface area contributed by atoms with Crippen molar-refractivity contribution >= 4 is 5.91 Å². The van der Waals surface area contributed by atoms with E-state index in [9.17, 15) is 9.90 Å². The van der Waals surface area contributed by atoms with Crippen molar-refractivity contribution in [3.05, 3.63) is 35.4 Å². The van der Waals surface area contributed by atoms with Crippen LogP contribution in [0.4, 0.5) is 0 Å². The first-order chi connectivity index (χ1) is 12.5. The minimum absolute atomic E-state index is 0.0615. The second-order valence-electron chi connectivity index (χ2n) is 8.23. The van der Waals surface area contributed by atoms with Gasteiger partial charge in [-0.2, -0.15) is 10.2 Å². The second kappa shape index (κ2) is 5.42. The molecule has 1 aliphatic carbocycles. The van der Waals surface area contributed by atoms with E-state index in [4.69, 9.17) is 0 Å². The lowest BCUT2D eigenvalue weighted by molar-refractivity contribution is -0.0532. The van der Waals surface area contributed by atoms with Crippen LogP contribution in [-0.4, -0.2) is 47.6 Å². The van der Waals surface area contributed by atoms with Crippen LogP contribution in [0.1, 0.15) is 66.3 Å². The monoisotopic (exact) mass is 355 g/mol. The van der Waals surface area contributed by atoms with Crippen LogP contribution in [0.2, 0.25) is 0 Å². The van der Waals surface area contributed by atoms with Gasteiger partial charge in [0.15, 0.2) is 0 Å². The van der Waals surface area contributed by atoms with E-state index in [-0.39, 0.29) is 18.0 Å². The highest BCUT2D eigenvalue weighted by atomic mass is 16.3. The highest BCUT2D eigenvalue weighted by molar-refractivity contribution is 5.93. The number of carbonyl (C=O) groups excluding carboxylic acids is 1. The standard InChI is InChI=1S/C19H25N5O2/c1-22-16(9-15(21-22)12-3-4-12)18(25)24-13-5-6-14(24)11-19(26,10-13)17-7-8-20-23(17)2/h7-9,12-14,26H,3-6,10-11H2,1-2H3/t13-,14-/m1/s1. The molecule has 26 heavy (non-hydrogen) atoms. The van der Waals surface area contributed by atoms with Crippen LogP contribution in [0.25, 0.3) is 0 Å². The first-order valence-electron chi connectivity index (χ1n) is 9.54. The summed E-state index contributed by atoms with van der Waals surface area (Å²) in [5.74, 6) is 0.599. The van der Waals surface area contributed by atoms with Gasteiger partial charge in [-0.25, -0.2) is 0 Å². The smallest absolute Gasteiger partial charge is 0.272 e. The molecule has 1 N–H and O–H groups in total. The van der Waals surface area contributed by atoms with Crippen molar-refractivity contribution in [3.8, 4) is 0 Å². The zero-order chi connectivity index (χ0) is 18.1. The predicted molar refractivity (Wildman–Crippen MR) is 94.5 cm³/mol. The van der Waals surface area contributed by atoms with Crippen LogP contribution in [-0.2, 0) is 19.7 Å². The highest BCUT2D eigenvalue weighted by Gasteiger charge is 2.51. The predicted octanol–water partition coefficient (Wildman–Crippen LogP) is 1.69. The molecular weight excluding hydrogens is 330 g/mol. The zero-order valence-electron chi connectivity index (χ0n) is 15.3. The number of carbonyl (C=O) groups is 1. The minimum Gasteiger partial charge on any atom is -0.383 e. The molecule has 1 amide bonds. The summed E-state index contributed by atoms with van der Waals surface area (Å²) in [6, 6.07) is 4.00. The van der Waals surface area contributed by atoms with Crippen molar-refractivity contribution in [2.45, 2.75) is 62.1 Å². The van der Waals surface area contributed by atoms with Crippen molar-refractivity contribution < 1.29 is 9.90 Å². The molecular formula is C19H25N5O2. The Bertz CT molecular complexity index is 851. The van der Waals surface area contributed by atoms with Gasteiger partial charge in [-0.3, -0.25) is 14.2 Å². The minimum atomic E-state index is -0.903. The van der Waals surface area contributed by atoms with E-state index in [1.807, 2.05) is 31.1 Å². The molecule has 2 aliphatic heterocycles. The molecule has 5 rings (SSSR count). The van der Waals surface area contributed by atoms with E-state index in [1.165, 1.54) is 12.8 Å². The quantitative estimate of drug-likeness (QED) is 0.909. The molecule has 4 heterocycles. The summed E-state index contributed by atoms with van der Waals surface area (Å²) in [5.41, 5.74) is 1.67. The molecule has 0 aromatic carbocycles. The van der Waals surface area contributed by atoms with Crippen molar-refractivity contribution in [1.29, 1.82) is 0 Å². The normalized spacial score (nSPS) is 30.8. The van der Waals surface area contributed by atoms with Crippen molar-refractivity contribution in [2.75, 3.05) is 0 Å². The molecule has 3 fully saturated rings. The van der Waals surface area contributed by atoms with Crippen LogP contribution in [0.5, 0.6) is 0 Å². The molecule has 2 aromatic rings. The van der Waals surface area contributed by atoms with Gasteiger partial charge in [0, 0.05) is 51.1 Å². The van der Waals surface area contributed by atoms with Gasteiger partial charge in [0.2, 0.25) is 0 Å². The molecule has 1 saturated carbocycles. The van der Waals surface area contributed by atoms with Gasteiger partial charge in [0.1, 0.15) is 11.3 Å². The first kappa shape index (κ1) is 16.1. The fourth-order valence-electron chi connectivity index (χ4n) is 5.00. The van der Waals surface area contributed by atoms with Crippen LogP contribution in [0.3, 0.4) is 0 Å². The number of fused-ring (bicyclic) bond motifs is 2. The molecule has 2 saturated heterocycles. The number of hydrogen-bond acceptors (Lipinski definition) is 4. The average Bonchev–Trinajstić information content (AvgIpc) is 3.14. The average molecular weight is 355 g/mol. The highest BCUT2D eigenvalue weighted by Crippen LogP contribution is 2.46. The van der Waals surface area contributed by atoms with Gasteiger partial charge < -0.3 is 10.0 Å². The Morgan fingerprint density at radius 1 is 1.15 bits per heavy atom. The molecule has 138 valence electrons. The van der Waals surface area contributed by atoms with E-state index < -0.39 is 5.60 Å². The van der Waals surface area contributed by atoms with Crippen LogP contribution < -0.4 is 0 Å². The van der Waals surface area contributed by atoms with Gasteiger partial charge in [-0.15, -0.1) is 0 Å². The number of amides is 1. The van der Waals surface area contributed by atoms with Crippen LogP contribution in [0, 0.1) is 0 Å².